The van der Waals surface area contributed by atoms with Crippen LogP contribution in [0.15, 0.2) is 42.5 Å². The Morgan fingerprint density at radius 2 is 1.83 bits per heavy atom. The van der Waals surface area contributed by atoms with Crippen LogP contribution in [0.1, 0.15) is 31.7 Å². The highest BCUT2D eigenvalue weighted by molar-refractivity contribution is 5.88. The first-order valence-corrected chi connectivity index (χ1v) is 6.36. The van der Waals surface area contributed by atoms with Gasteiger partial charge in [0.2, 0.25) is 5.91 Å². The molecule has 2 aromatic carbocycles. The zero-order chi connectivity index (χ0) is 12.8. The van der Waals surface area contributed by atoms with Gasteiger partial charge in [0.1, 0.15) is 0 Å². The molecule has 1 saturated heterocycles. The van der Waals surface area contributed by atoms with Crippen molar-refractivity contribution < 1.29 is 4.79 Å². The smallest absolute Gasteiger partial charge is 0.221 e. The normalized spacial score (nSPS) is 22.1. The molecule has 0 saturated carbocycles. The van der Waals surface area contributed by atoms with E-state index in [4.69, 9.17) is 0 Å². The van der Waals surface area contributed by atoms with Gasteiger partial charge in [0.25, 0.3) is 0 Å². The maximum atomic E-state index is 11.7. The summed E-state index contributed by atoms with van der Waals surface area (Å²) in [6, 6.07) is 14.7. The third-order valence-electron chi connectivity index (χ3n) is 3.92. The molecule has 0 radical (unpaired) electrons. The van der Waals surface area contributed by atoms with Crippen molar-refractivity contribution in [1.29, 1.82) is 0 Å². The first kappa shape index (κ1) is 11.3. The summed E-state index contributed by atoms with van der Waals surface area (Å²) in [6.07, 6.45) is 0.584. The number of carbonyl (C=O) groups excluding carboxylic acids is 1. The highest BCUT2D eigenvalue weighted by Gasteiger charge is 2.40. The lowest BCUT2D eigenvalue weighted by atomic mass is 9.81. The molecule has 2 heteroatoms. The molecule has 2 aromatic rings. The van der Waals surface area contributed by atoms with Crippen LogP contribution in [0.3, 0.4) is 0 Å². The molecule has 0 spiro atoms. The quantitative estimate of drug-likeness (QED) is 0.813. The third-order valence-corrected chi connectivity index (χ3v) is 3.92. The van der Waals surface area contributed by atoms with E-state index in [9.17, 15) is 4.79 Å². The second-order valence-electron chi connectivity index (χ2n) is 5.59. The lowest BCUT2D eigenvalue weighted by Crippen LogP contribution is -2.38. The highest BCUT2D eigenvalue weighted by atomic mass is 16.2. The molecule has 1 fully saturated rings. The van der Waals surface area contributed by atoms with Crippen molar-refractivity contribution in [3.8, 4) is 0 Å². The zero-order valence-electron chi connectivity index (χ0n) is 10.7. The molecule has 1 aliphatic heterocycles. The van der Waals surface area contributed by atoms with Gasteiger partial charge in [-0.2, -0.15) is 0 Å². The Morgan fingerprint density at radius 1 is 1.11 bits per heavy atom. The van der Waals surface area contributed by atoms with Gasteiger partial charge in [-0.25, -0.2) is 0 Å². The van der Waals surface area contributed by atoms with E-state index >= 15 is 0 Å². The van der Waals surface area contributed by atoms with Crippen LogP contribution >= 0.6 is 0 Å². The predicted octanol–water partition coefficient (Wildman–Crippen LogP) is 3.22. The van der Waals surface area contributed by atoms with Gasteiger partial charge in [0.15, 0.2) is 0 Å². The van der Waals surface area contributed by atoms with Crippen LogP contribution < -0.4 is 5.32 Å². The van der Waals surface area contributed by atoms with E-state index in [1.165, 1.54) is 16.3 Å². The Bertz CT molecular complexity index is 610. The lowest BCUT2D eigenvalue weighted by Gasteiger charge is -2.27. The topological polar surface area (TPSA) is 29.1 Å². The fraction of sp³-hybridized carbons (Fsp3) is 0.312. The minimum absolute atomic E-state index is 0.151. The first-order chi connectivity index (χ1) is 8.58. The molecule has 2 nitrogen and oxygen atoms in total. The largest absolute Gasteiger partial charge is 0.351 e. The Morgan fingerprint density at radius 3 is 2.56 bits per heavy atom. The summed E-state index contributed by atoms with van der Waals surface area (Å²) in [5.74, 6) is 0.397. The van der Waals surface area contributed by atoms with Crippen molar-refractivity contribution >= 4 is 16.7 Å². The van der Waals surface area contributed by atoms with Crippen LogP contribution in [0.4, 0.5) is 0 Å². The fourth-order valence-corrected chi connectivity index (χ4v) is 2.99. The van der Waals surface area contributed by atoms with Gasteiger partial charge in [-0.1, -0.05) is 42.5 Å². The van der Waals surface area contributed by atoms with Crippen molar-refractivity contribution in [1.82, 2.24) is 5.32 Å². The van der Waals surface area contributed by atoms with Crippen molar-refractivity contribution in [3.05, 3.63) is 48.0 Å². The number of amides is 1. The minimum Gasteiger partial charge on any atom is -0.351 e. The molecule has 18 heavy (non-hydrogen) atoms. The molecule has 0 bridgehead atoms. The number of benzene rings is 2. The maximum absolute atomic E-state index is 11.7. The molecule has 3 rings (SSSR count). The van der Waals surface area contributed by atoms with Crippen molar-refractivity contribution in [3.63, 3.8) is 0 Å². The van der Waals surface area contributed by atoms with E-state index in [1.54, 1.807) is 0 Å². The summed E-state index contributed by atoms with van der Waals surface area (Å²) in [6.45, 7) is 4.20. The third kappa shape index (κ3) is 1.69. The number of nitrogens with one attached hydrogen (secondary N) is 1. The Labute approximate surface area is 107 Å². The summed E-state index contributed by atoms with van der Waals surface area (Å²) in [7, 11) is 0. The Hall–Kier alpha value is -1.83. The minimum atomic E-state index is -0.165. The monoisotopic (exact) mass is 239 g/mol. The second kappa shape index (κ2) is 3.84. The SMILES string of the molecule is CC1(C)NC(=O)CC1c1cccc2ccccc12. The molecule has 0 aromatic heterocycles. The van der Waals surface area contributed by atoms with Crippen molar-refractivity contribution in [2.75, 3.05) is 0 Å². The van der Waals surface area contributed by atoms with Gasteiger partial charge in [0.05, 0.1) is 0 Å². The van der Waals surface area contributed by atoms with Crippen LogP contribution in [-0.2, 0) is 4.79 Å². The number of hydrogen-bond acceptors (Lipinski definition) is 1. The predicted molar refractivity (Wildman–Crippen MR) is 73.5 cm³/mol. The summed E-state index contributed by atoms with van der Waals surface area (Å²) in [4.78, 5) is 11.7. The molecular weight excluding hydrogens is 222 g/mol. The second-order valence-corrected chi connectivity index (χ2v) is 5.59. The maximum Gasteiger partial charge on any atom is 0.221 e. The number of carbonyl (C=O) groups is 1. The van der Waals surface area contributed by atoms with E-state index in [0.29, 0.717) is 6.42 Å². The van der Waals surface area contributed by atoms with E-state index in [-0.39, 0.29) is 17.4 Å². The van der Waals surface area contributed by atoms with Gasteiger partial charge in [-0.3, -0.25) is 4.79 Å². The van der Waals surface area contributed by atoms with Crippen molar-refractivity contribution in [2.24, 2.45) is 0 Å². The molecule has 1 amide bonds. The molecule has 1 heterocycles. The van der Waals surface area contributed by atoms with E-state index in [0.717, 1.165) is 0 Å². The Kier molecular flexibility index (Phi) is 2.40. The molecule has 1 aliphatic rings. The average molecular weight is 239 g/mol. The molecule has 0 aliphatic carbocycles. The molecule has 92 valence electrons. The van der Waals surface area contributed by atoms with Crippen LogP contribution in [0, 0.1) is 0 Å². The molecule has 1 N–H and O–H groups in total. The van der Waals surface area contributed by atoms with E-state index in [2.05, 4.69) is 61.6 Å². The fourth-order valence-electron chi connectivity index (χ4n) is 2.99. The molecule has 1 unspecified atom stereocenters. The van der Waals surface area contributed by atoms with Gasteiger partial charge in [-0.15, -0.1) is 0 Å². The molecule has 1 atom stereocenters. The van der Waals surface area contributed by atoms with E-state index in [1.807, 2.05) is 0 Å². The lowest BCUT2D eigenvalue weighted by molar-refractivity contribution is -0.119. The molecular formula is C16H17NO. The standard InChI is InChI=1S/C16H17NO/c1-16(2)14(10-15(18)17-16)13-9-5-7-11-6-3-4-8-12(11)13/h3-9,14H,10H2,1-2H3,(H,17,18). The van der Waals surface area contributed by atoms with Crippen molar-refractivity contribution in [2.45, 2.75) is 31.7 Å². The van der Waals surface area contributed by atoms with Crippen LogP contribution in [0.25, 0.3) is 10.8 Å². The van der Waals surface area contributed by atoms with E-state index < -0.39 is 0 Å². The zero-order valence-corrected chi connectivity index (χ0v) is 10.7. The van der Waals surface area contributed by atoms with Crippen LogP contribution in [-0.4, -0.2) is 11.4 Å². The van der Waals surface area contributed by atoms with Crippen LogP contribution in [0.2, 0.25) is 0 Å². The average Bonchev–Trinajstić information content (AvgIpc) is 2.61. The highest BCUT2D eigenvalue weighted by Crippen LogP contribution is 2.39. The summed E-state index contributed by atoms with van der Waals surface area (Å²) in [5.41, 5.74) is 1.11. The summed E-state index contributed by atoms with van der Waals surface area (Å²) < 4.78 is 0. The van der Waals surface area contributed by atoms with Crippen LogP contribution in [0.5, 0.6) is 0 Å². The summed E-state index contributed by atoms with van der Waals surface area (Å²) >= 11 is 0. The Balaban J connectivity index is 2.18. The van der Waals surface area contributed by atoms with Gasteiger partial charge < -0.3 is 5.32 Å². The number of fused-ring (bicyclic) bond motifs is 1. The number of rotatable bonds is 1. The van der Waals surface area contributed by atoms with Gasteiger partial charge >= 0.3 is 0 Å². The first-order valence-electron chi connectivity index (χ1n) is 6.36. The summed E-state index contributed by atoms with van der Waals surface area (Å²) in [5, 5.41) is 5.57. The van der Waals surface area contributed by atoms with Gasteiger partial charge in [0, 0.05) is 17.9 Å². The van der Waals surface area contributed by atoms with Gasteiger partial charge in [-0.05, 0) is 30.2 Å². The number of hydrogen-bond donors (Lipinski definition) is 1.